The highest BCUT2D eigenvalue weighted by molar-refractivity contribution is 7.89. The first-order valence-electron chi connectivity index (χ1n) is 6.57. The number of benzene rings is 2. The first kappa shape index (κ1) is 15.0. The summed E-state index contributed by atoms with van der Waals surface area (Å²) in [7, 11) is -3.63. The summed E-state index contributed by atoms with van der Waals surface area (Å²) < 4.78 is 27.2. The van der Waals surface area contributed by atoms with E-state index in [0.717, 1.165) is 5.39 Å². The number of sulfonamides is 1. The molecule has 2 rings (SSSR count). The number of aliphatic hydroxyl groups is 1. The Labute approximate surface area is 119 Å². The monoisotopic (exact) mass is 293 g/mol. The average Bonchev–Trinajstić information content (AvgIpc) is 2.44. The largest absolute Gasteiger partial charge is 0.391 e. The third-order valence-electron chi connectivity index (χ3n) is 3.29. The number of nitrogens with one attached hydrogen (secondary N) is 1. The van der Waals surface area contributed by atoms with Crippen LogP contribution in [0.15, 0.2) is 47.4 Å². The zero-order valence-electron chi connectivity index (χ0n) is 11.6. The van der Waals surface area contributed by atoms with Crippen LogP contribution in [0.4, 0.5) is 0 Å². The fourth-order valence-electron chi connectivity index (χ4n) is 1.94. The number of hydrogen-bond acceptors (Lipinski definition) is 3. The van der Waals surface area contributed by atoms with Crippen molar-refractivity contribution >= 4 is 20.8 Å². The molecule has 5 heteroatoms. The van der Waals surface area contributed by atoms with Crippen LogP contribution < -0.4 is 4.72 Å². The number of rotatable bonds is 5. The topological polar surface area (TPSA) is 66.4 Å². The van der Waals surface area contributed by atoms with E-state index in [-0.39, 0.29) is 17.4 Å². The first-order chi connectivity index (χ1) is 9.42. The standard InChI is InChI=1S/C15H19NO3S/c1-11(2)14(17)10-16-20(18,19)15-9-5-7-12-6-3-4-8-13(12)15/h3-9,11,14,16-17H,10H2,1-2H3. The predicted molar refractivity (Wildman–Crippen MR) is 80.0 cm³/mol. The molecule has 0 radical (unpaired) electrons. The molecule has 0 fully saturated rings. The van der Waals surface area contributed by atoms with Crippen molar-refractivity contribution < 1.29 is 13.5 Å². The molecule has 20 heavy (non-hydrogen) atoms. The molecule has 0 amide bonds. The summed E-state index contributed by atoms with van der Waals surface area (Å²) in [6.45, 7) is 3.71. The molecule has 2 aromatic rings. The molecule has 0 heterocycles. The lowest BCUT2D eigenvalue weighted by molar-refractivity contribution is 0.129. The maximum absolute atomic E-state index is 12.4. The molecule has 0 spiro atoms. The minimum absolute atomic E-state index is 0.00483. The average molecular weight is 293 g/mol. The molecule has 0 bridgehead atoms. The Balaban J connectivity index is 2.33. The van der Waals surface area contributed by atoms with Crippen molar-refractivity contribution in [3.8, 4) is 0 Å². The van der Waals surface area contributed by atoms with Gasteiger partial charge in [0, 0.05) is 11.9 Å². The Morgan fingerprint density at radius 2 is 1.75 bits per heavy atom. The van der Waals surface area contributed by atoms with E-state index >= 15 is 0 Å². The van der Waals surface area contributed by atoms with E-state index in [0.29, 0.717) is 5.39 Å². The van der Waals surface area contributed by atoms with Crippen LogP contribution in [0, 0.1) is 5.92 Å². The van der Waals surface area contributed by atoms with Gasteiger partial charge in [-0.2, -0.15) is 0 Å². The van der Waals surface area contributed by atoms with Gasteiger partial charge in [-0.1, -0.05) is 50.2 Å². The van der Waals surface area contributed by atoms with Crippen molar-refractivity contribution in [1.82, 2.24) is 4.72 Å². The molecule has 2 aromatic carbocycles. The van der Waals surface area contributed by atoms with Gasteiger partial charge in [-0.15, -0.1) is 0 Å². The van der Waals surface area contributed by atoms with E-state index in [9.17, 15) is 13.5 Å². The van der Waals surface area contributed by atoms with Crippen LogP contribution in [-0.4, -0.2) is 26.2 Å². The summed E-state index contributed by atoms with van der Waals surface area (Å²) >= 11 is 0. The summed E-state index contributed by atoms with van der Waals surface area (Å²) in [6, 6.07) is 12.5. The lowest BCUT2D eigenvalue weighted by Gasteiger charge is -2.16. The molecule has 2 N–H and O–H groups in total. The molecular weight excluding hydrogens is 274 g/mol. The number of hydrogen-bond donors (Lipinski definition) is 2. The van der Waals surface area contributed by atoms with Crippen molar-refractivity contribution in [2.75, 3.05) is 6.54 Å². The van der Waals surface area contributed by atoms with Gasteiger partial charge in [0.15, 0.2) is 0 Å². The normalized spacial score (nSPS) is 13.8. The first-order valence-corrected chi connectivity index (χ1v) is 8.05. The Hall–Kier alpha value is -1.43. The van der Waals surface area contributed by atoms with Gasteiger partial charge in [0.05, 0.1) is 11.0 Å². The molecule has 0 saturated heterocycles. The molecule has 0 saturated carbocycles. The van der Waals surface area contributed by atoms with E-state index in [2.05, 4.69) is 4.72 Å². The van der Waals surface area contributed by atoms with E-state index in [1.165, 1.54) is 0 Å². The van der Waals surface area contributed by atoms with Crippen molar-refractivity contribution in [1.29, 1.82) is 0 Å². The Morgan fingerprint density at radius 3 is 2.45 bits per heavy atom. The smallest absolute Gasteiger partial charge is 0.241 e. The summed E-state index contributed by atoms with van der Waals surface area (Å²) in [5.74, 6) is 0.00483. The molecule has 0 aliphatic rings. The Morgan fingerprint density at radius 1 is 1.10 bits per heavy atom. The zero-order chi connectivity index (χ0) is 14.8. The Kier molecular flexibility index (Phi) is 4.42. The van der Waals surface area contributed by atoms with E-state index in [1.54, 1.807) is 18.2 Å². The van der Waals surface area contributed by atoms with Gasteiger partial charge in [-0.05, 0) is 17.4 Å². The van der Waals surface area contributed by atoms with Crippen LogP contribution in [0.1, 0.15) is 13.8 Å². The summed E-state index contributed by atoms with van der Waals surface area (Å²) in [5, 5.41) is 11.3. The molecule has 0 aliphatic carbocycles. The third-order valence-corrected chi connectivity index (χ3v) is 4.77. The SMILES string of the molecule is CC(C)C(O)CNS(=O)(=O)c1cccc2ccccc12. The molecule has 4 nitrogen and oxygen atoms in total. The summed E-state index contributed by atoms with van der Waals surface area (Å²) in [5.41, 5.74) is 0. The van der Waals surface area contributed by atoms with E-state index < -0.39 is 16.1 Å². The van der Waals surface area contributed by atoms with Crippen LogP contribution in [0.2, 0.25) is 0 Å². The van der Waals surface area contributed by atoms with Gasteiger partial charge in [-0.25, -0.2) is 13.1 Å². The van der Waals surface area contributed by atoms with Crippen LogP contribution in [0.3, 0.4) is 0 Å². The lowest BCUT2D eigenvalue weighted by atomic mass is 10.1. The van der Waals surface area contributed by atoms with Crippen molar-refractivity contribution in [2.45, 2.75) is 24.8 Å². The molecule has 0 aromatic heterocycles. The highest BCUT2D eigenvalue weighted by atomic mass is 32.2. The fraction of sp³-hybridized carbons (Fsp3) is 0.333. The highest BCUT2D eigenvalue weighted by Crippen LogP contribution is 2.22. The fourth-order valence-corrected chi connectivity index (χ4v) is 3.22. The maximum Gasteiger partial charge on any atom is 0.241 e. The predicted octanol–water partition coefficient (Wildman–Crippen LogP) is 2.13. The van der Waals surface area contributed by atoms with Gasteiger partial charge in [0.25, 0.3) is 0 Å². The summed E-state index contributed by atoms with van der Waals surface area (Å²) in [4.78, 5) is 0.242. The maximum atomic E-state index is 12.4. The quantitative estimate of drug-likeness (QED) is 0.887. The van der Waals surface area contributed by atoms with Crippen LogP contribution in [0.5, 0.6) is 0 Å². The Bertz CT molecular complexity index is 690. The molecule has 1 unspecified atom stereocenters. The van der Waals surface area contributed by atoms with E-state index in [4.69, 9.17) is 0 Å². The highest BCUT2D eigenvalue weighted by Gasteiger charge is 2.19. The number of fused-ring (bicyclic) bond motifs is 1. The molecule has 108 valence electrons. The zero-order valence-corrected chi connectivity index (χ0v) is 12.4. The van der Waals surface area contributed by atoms with Gasteiger partial charge < -0.3 is 5.11 Å². The van der Waals surface area contributed by atoms with Crippen LogP contribution >= 0.6 is 0 Å². The van der Waals surface area contributed by atoms with Gasteiger partial charge in [-0.3, -0.25) is 0 Å². The lowest BCUT2D eigenvalue weighted by Crippen LogP contribution is -2.34. The molecular formula is C15H19NO3S. The third kappa shape index (κ3) is 3.17. The van der Waals surface area contributed by atoms with Crippen LogP contribution in [-0.2, 0) is 10.0 Å². The van der Waals surface area contributed by atoms with Crippen LogP contribution in [0.25, 0.3) is 10.8 Å². The minimum atomic E-state index is -3.63. The summed E-state index contributed by atoms with van der Waals surface area (Å²) in [6.07, 6.45) is -0.695. The van der Waals surface area contributed by atoms with Gasteiger partial charge in [0.2, 0.25) is 10.0 Å². The molecule has 1 atom stereocenters. The van der Waals surface area contributed by atoms with Crippen molar-refractivity contribution in [3.05, 3.63) is 42.5 Å². The minimum Gasteiger partial charge on any atom is -0.391 e. The van der Waals surface area contributed by atoms with Crippen molar-refractivity contribution in [2.24, 2.45) is 5.92 Å². The van der Waals surface area contributed by atoms with E-state index in [1.807, 2.05) is 38.1 Å². The van der Waals surface area contributed by atoms with Gasteiger partial charge >= 0.3 is 0 Å². The molecule has 0 aliphatic heterocycles. The van der Waals surface area contributed by atoms with Crippen molar-refractivity contribution in [3.63, 3.8) is 0 Å². The number of aliphatic hydroxyl groups excluding tert-OH is 1. The second kappa shape index (κ2) is 5.91. The second-order valence-corrected chi connectivity index (χ2v) is 6.88. The van der Waals surface area contributed by atoms with Gasteiger partial charge in [0.1, 0.15) is 0 Å². The second-order valence-electron chi connectivity index (χ2n) is 5.14.